The van der Waals surface area contributed by atoms with Crippen molar-refractivity contribution in [3.05, 3.63) is 12.7 Å². The second-order valence-electron chi connectivity index (χ2n) is 1.45. The van der Waals surface area contributed by atoms with E-state index in [4.69, 9.17) is 0 Å². The van der Waals surface area contributed by atoms with Gasteiger partial charge in [-0.1, -0.05) is 31.7 Å². The molecule has 0 spiro atoms. The first-order valence-corrected chi connectivity index (χ1v) is 4.17. The zero-order valence-corrected chi connectivity index (χ0v) is 6.01. The highest BCUT2D eigenvalue weighted by Gasteiger charge is 1.67. The van der Waals surface area contributed by atoms with E-state index < -0.39 is 0 Å². The molecule has 0 rings (SSSR count). The lowest BCUT2D eigenvalue weighted by Crippen LogP contribution is -1.76. The maximum atomic E-state index is 3.60. The minimum atomic E-state index is 0.579. The topological polar surface area (TPSA) is 0 Å². The van der Waals surface area contributed by atoms with Crippen molar-refractivity contribution in [1.29, 1.82) is 0 Å². The standard InChI is InChI=1S/C6H12Si/c1-3-5-7-6-4-2/h3,5,7H,1,4,6H2,2H3. The fourth-order valence-corrected chi connectivity index (χ4v) is 1.08. The van der Waals surface area contributed by atoms with Crippen molar-refractivity contribution in [3.63, 3.8) is 0 Å². The van der Waals surface area contributed by atoms with Gasteiger partial charge in [0.05, 0.1) is 0 Å². The van der Waals surface area contributed by atoms with Crippen LogP contribution in [0.15, 0.2) is 12.7 Å². The Bertz CT molecular complexity index is 64.6. The van der Waals surface area contributed by atoms with Crippen molar-refractivity contribution in [2.45, 2.75) is 19.4 Å². The molecule has 1 heteroatoms. The van der Waals surface area contributed by atoms with Crippen LogP contribution in [0.5, 0.6) is 0 Å². The molecule has 0 radical (unpaired) electrons. The molecule has 0 saturated carbocycles. The van der Waals surface area contributed by atoms with Gasteiger partial charge in [-0.15, -0.1) is 0 Å². The van der Waals surface area contributed by atoms with Crippen molar-refractivity contribution >= 4 is 14.8 Å². The molecule has 0 nitrogen and oxygen atoms in total. The molecule has 0 fully saturated rings. The fraction of sp³-hybridized carbons (Fsp3) is 0.500. The van der Waals surface area contributed by atoms with E-state index in [9.17, 15) is 0 Å². The molecule has 0 heterocycles. The lowest BCUT2D eigenvalue weighted by Gasteiger charge is -1.76. The van der Waals surface area contributed by atoms with Gasteiger partial charge in [-0.2, -0.15) is 0 Å². The molecule has 0 aliphatic carbocycles. The summed E-state index contributed by atoms with van der Waals surface area (Å²) < 4.78 is 0. The smallest absolute Gasteiger partial charge is 0.00686 e. The molecule has 0 bridgehead atoms. The van der Waals surface area contributed by atoms with Gasteiger partial charge in [0.25, 0.3) is 0 Å². The summed E-state index contributed by atoms with van der Waals surface area (Å²) in [5, 5.41) is 0. The van der Waals surface area contributed by atoms with E-state index in [2.05, 4.69) is 19.2 Å². The van der Waals surface area contributed by atoms with Crippen LogP contribution in [0.1, 0.15) is 13.3 Å². The van der Waals surface area contributed by atoms with E-state index in [1.165, 1.54) is 12.5 Å². The molecule has 0 aromatic rings. The first kappa shape index (κ1) is 6.83. The van der Waals surface area contributed by atoms with Crippen LogP contribution in [0.3, 0.4) is 0 Å². The summed E-state index contributed by atoms with van der Waals surface area (Å²) in [7, 11) is 0.579. The Labute approximate surface area is 47.7 Å². The molecule has 0 aliphatic heterocycles. The minimum absolute atomic E-state index is 0.579. The van der Waals surface area contributed by atoms with Crippen molar-refractivity contribution in [3.8, 4) is 0 Å². The van der Waals surface area contributed by atoms with Crippen LogP contribution in [-0.2, 0) is 0 Å². The maximum Gasteiger partial charge on any atom is -0.00686 e. The first-order chi connectivity index (χ1) is 3.41. The van der Waals surface area contributed by atoms with Gasteiger partial charge in [0.2, 0.25) is 0 Å². The summed E-state index contributed by atoms with van der Waals surface area (Å²) in [4.78, 5) is 0. The van der Waals surface area contributed by atoms with Gasteiger partial charge in [-0.05, 0) is 15.2 Å². The Morgan fingerprint density at radius 2 is 2.43 bits per heavy atom. The van der Waals surface area contributed by atoms with Crippen LogP contribution < -0.4 is 0 Å². The predicted molar refractivity (Wildman–Crippen MR) is 38.5 cm³/mol. The van der Waals surface area contributed by atoms with Crippen molar-refractivity contribution in [2.75, 3.05) is 0 Å². The molecule has 40 valence electrons. The lowest BCUT2D eigenvalue weighted by atomic mass is 10.6. The van der Waals surface area contributed by atoms with Crippen LogP contribution in [0.2, 0.25) is 6.04 Å². The third kappa shape index (κ3) is 5.83. The Kier molecular flexibility index (Phi) is 5.68. The van der Waals surface area contributed by atoms with Crippen molar-refractivity contribution in [1.82, 2.24) is 0 Å². The van der Waals surface area contributed by atoms with Crippen LogP contribution in [0.25, 0.3) is 0 Å². The van der Waals surface area contributed by atoms with E-state index in [0.717, 1.165) is 0 Å². The van der Waals surface area contributed by atoms with E-state index in [0.29, 0.717) is 9.13 Å². The highest BCUT2D eigenvalue weighted by atomic mass is 28.2. The number of hydrogen-bond donors (Lipinski definition) is 0. The van der Waals surface area contributed by atoms with Gasteiger partial charge in [0, 0.05) is 0 Å². The molecule has 0 unspecified atom stereocenters. The monoisotopic (exact) mass is 112 g/mol. The average Bonchev–Trinajstić information content (AvgIpc) is 1.69. The van der Waals surface area contributed by atoms with Crippen LogP contribution in [0, 0.1) is 0 Å². The van der Waals surface area contributed by atoms with E-state index in [-0.39, 0.29) is 0 Å². The first-order valence-electron chi connectivity index (χ1n) is 2.69. The highest BCUT2D eigenvalue weighted by molar-refractivity contribution is 6.49. The third-order valence-electron chi connectivity index (χ3n) is 0.728. The second kappa shape index (κ2) is 5.83. The lowest BCUT2D eigenvalue weighted by molar-refractivity contribution is 1.08. The summed E-state index contributed by atoms with van der Waals surface area (Å²) >= 11 is 0. The molecular weight excluding hydrogens is 100 g/mol. The van der Waals surface area contributed by atoms with Crippen LogP contribution >= 0.6 is 0 Å². The van der Waals surface area contributed by atoms with Crippen LogP contribution in [0.4, 0.5) is 0 Å². The van der Waals surface area contributed by atoms with E-state index >= 15 is 0 Å². The van der Waals surface area contributed by atoms with Crippen molar-refractivity contribution in [2.24, 2.45) is 0 Å². The summed E-state index contributed by atoms with van der Waals surface area (Å²) in [6, 6.07) is 1.38. The molecule has 0 aromatic heterocycles. The highest BCUT2D eigenvalue weighted by Crippen LogP contribution is 1.77. The van der Waals surface area contributed by atoms with Gasteiger partial charge in [-0.25, -0.2) is 0 Å². The largest absolute Gasteiger partial charge is 0.0995 e. The number of hydrogen-bond acceptors (Lipinski definition) is 0. The fourth-order valence-electron chi connectivity index (χ4n) is 0.359. The zero-order chi connectivity index (χ0) is 5.54. The number of rotatable bonds is 3. The molecule has 0 amide bonds. The second-order valence-corrected chi connectivity index (χ2v) is 2.89. The molecule has 0 aliphatic rings. The summed E-state index contributed by atoms with van der Waals surface area (Å²) in [5.41, 5.74) is 2.18. The molecule has 0 atom stereocenters. The number of allylic oxidation sites excluding steroid dienone is 1. The maximum absolute atomic E-state index is 3.60. The quantitative estimate of drug-likeness (QED) is 0.482. The average molecular weight is 112 g/mol. The molecule has 0 saturated heterocycles. The Morgan fingerprint density at radius 1 is 1.71 bits per heavy atom. The van der Waals surface area contributed by atoms with Gasteiger partial charge in [0.15, 0.2) is 0 Å². The molecule has 7 heavy (non-hydrogen) atoms. The van der Waals surface area contributed by atoms with Gasteiger partial charge in [-0.3, -0.25) is 0 Å². The minimum Gasteiger partial charge on any atom is -0.0995 e. The summed E-state index contributed by atoms with van der Waals surface area (Å²) in [5.74, 6) is 0. The van der Waals surface area contributed by atoms with Gasteiger partial charge >= 0.3 is 0 Å². The normalized spacial score (nSPS) is 9.86. The zero-order valence-electron chi connectivity index (χ0n) is 4.85. The Hall–Kier alpha value is -0.173. The van der Waals surface area contributed by atoms with Crippen LogP contribution in [-0.4, -0.2) is 14.8 Å². The Morgan fingerprint density at radius 3 is 2.86 bits per heavy atom. The van der Waals surface area contributed by atoms with E-state index in [1.54, 1.807) is 0 Å². The predicted octanol–water partition coefficient (Wildman–Crippen LogP) is 1.24. The molecular formula is C6H12Si. The summed E-state index contributed by atoms with van der Waals surface area (Å²) in [6.07, 6.45) is 3.21. The van der Waals surface area contributed by atoms with Gasteiger partial charge in [0.1, 0.15) is 0 Å². The molecule has 0 aromatic carbocycles. The van der Waals surface area contributed by atoms with Gasteiger partial charge < -0.3 is 0 Å². The third-order valence-corrected chi connectivity index (χ3v) is 2.18. The van der Waals surface area contributed by atoms with E-state index in [1.807, 2.05) is 6.08 Å². The van der Waals surface area contributed by atoms with Crippen molar-refractivity contribution < 1.29 is 0 Å². The molecule has 0 N–H and O–H groups in total. The summed E-state index contributed by atoms with van der Waals surface area (Å²) in [6.45, 7) is 5.81. The SMILES string of the molecule is C=CC=[SiH]CCC. The Balaban J connectivity index is 2.92.